The van der Waals surface area contributed by atoms with Gasteiger partial charge in [-0.15, -0.1) is 0 Å². The molecule has 3 rings (SSSR count). The molecule has 0 bridgehead atoms. The van der Waals surface area contributed by atoms with Gasteiger partial charge >= 0.3 is 0 Å². The fraction of sp³-hybridized carbons (Fsp3) is 0.167. The molecular weight excluding hydrogens is 258 g/mol. The van der Waals surface area contributed by atoms with E-state index in [0.717, 1.165) is 6.54 Å². The van der Waals surface area contributed by atoms with Crippen molar-refractivity contribution in [1.29, 1.82) is 0 Å². The summed E-state index contributed by atoms with van der Waals surface area (Å²) in [6.07, 6.45) is 3.93. The normalized spacial score (nSPS) is 10.8. The summed E-state index contributed by atoms with van der Waals surface area (Å²) in [6, 6.07) is 16.9. The van der Waals surface area contributed by atoms with Gasteiger partial charge in [-0.25, -0.2) is 0 Å². The van der Waals surface area contributed by atoms with Crippen molar-refractivity contribution in [3.63, 3.8) is 0 Å². The first kappa shape index (κ1) is 13.6. The molecule has 0 aliphatic rings. The zero-order valence-electron chi connectivity index (χ0n) is 12.2. The minimum Gasteiger partial charge on any atom is -0.326 e. The molecule has 0 radical (unpaired) electrons. The maximum absolute atomic E-state index is 5.81. The average Bonchev–Trinajstić information content (AvgIpc) is 2.93. The molecule has 0 unspecified atom stereocenters. The summed E-state index contributed by atoms with van der Waals surface area (Å²) in [5.41, 5.74) is 11.8. The molecule has 2 aromatic carbocycles. The quantitative estimate of drug-likeness (QED) is 0.794. The van der Waals surface area contributed by atoms with Gasteiger partial charge in [0.2, 0.25) is 0 Å². The van der Waals surface area contributed by atoms with Crippen LogP contribution in [0.5, 0.6) is 0 Å². The molecule has 0 amide bonds. The van der Waals surface area contributed by atoms with Crippen molar-refractivity contribution in [2.75, 3.05) is 0 Å². The smallest absolute Gasteiger partial charge is 0.0659 e. The summed E-state index contributed by atoms with van der Waals surface area (Å²) in [4.78, 5) is 0. The molecule has 0 saturated carbocycles. The average molecular weight is 277 g/mol. The second kappa shape index (κ2) is 5.94. The molecule has 3 aromatic rings. The lowest BCUT2D eigenvalue weighted by Crippen LogP contribution is -2.00. The van der Waals surface area contributed by atoms with Gasteiger partial charge in [0.15, 0.2) is 0 Å². The van der Waals surface area contributed by atoms with Gasteiger partial charge in [0.1, 0.15) is 0 Å². The number of hydrogen-bond donors (Lipinski definition) is 1. The third-order valence-corrected chi connectivity index (χ3v) is 3.61. The van der Waals surface area contributed by atoms with E-state index in [-0.39, 0.29) is 0 Å². The highest BCUT2D eigenvalue weighted by Crippen LogP contribution is 2.23. The Bertz CT molecular complexity index is 726. The molecule has 0 aliphatic carbocycles. The number of hydrogen-bond acceptors (Lipinski definition) is 2. The van der Waals surface area contributed by atoms with Gasteiger partial charge in [0.25, 0.3) is 0 Å². The molecule has 0 saturated heterocycles. The fourth-order valence-corrected chi connectivity index (χ4v) is 2.51. The van der Waals surface area contributed by atoms with Crippen molar-refractivity contribution in [2.45, 2.75) is 20.0 Å². The van der Waals surface area contributed by atoms with Crippen molar-refractivity contribution in [2.24, 2.45) is 5.73 Å². The van der Waals surface area contributed by atoms with Crippen LogP contribution in [-0.2, 0) is 13.1 Å². The second-order valence-electron chi connectivity index (χ2n) is 5.27. The minimum atomic E-state index is 0.560. The molecule has 0 atom stereocenters. The Morgan fingerprint density at radius 2 is 1.81 bits per heavy atom. The maximum Gasteiger partial charge on any atom is 0.0659 e. The Hall–Kier alpha value is -2.39. The van der Waals surface area contributed by atoms with Gasteiger partial charge in [-0.2, -0.15) is 5.10 Å². The Balaban J connectivity index is 1.83. The van der Waals surface area contributed by atoms with Crippen LogP contribution in [0.1, 0.15) is 16.7 Å². The van der Waals surface area contributed by atoms with E-state index in [1.54, 1.807) is 0 Å². The van der Waals surface area contributed by atoms with Crippen molar-refractivity contribution in [3.05, 3.63) is 77.6 Å². The van der Waals surface area contributed by atoms with Crippen molar-refractivity contribution in [3.8, 4) is 11.1 Å². The molecular formula is C18H19N3. The number of rotatable bonds is 4. The molecule has 106 valence electrons. The summed E-state index contributed by atoms with van der Waals surface area (Å²) in [7, 11) is 0. The number of aromatic nitrogens is 2. The molecule has 3 heteroatoms. The zero-order valence-corrected chi connectivity index (χ0v) is 12.2. The Morgan fingerprint density at radius 3 is 2.48 bits per heavy atom. The minimum absolute atomic E-state index is 0.560. The van der Waals surface area contributed by atoms with Gasteiger partial charge in [0, 0.05) is 12.7 Å². The van der Waals surface area contributed by atoms with Crippen molar-refractivity contribution in [1.82, 2.24) is 9.78 Å². The van der Waals surface area contributed by atoms with Crippen LogP contribution in [0.25, 0.3) is 11.1 Å². The summed E-state index contributed by atoms with van der Waals surface area (Å²) in [5.74, 6) is 0. The van der Waals surface area contributed by atoms with E-state index < -0.39 is 0 Å². The summed E-state index contributed by atoms with van der Waals surface area (Å²) in [6.45, 7) is 3.41. The molecule has 1 aromatic heterocycles. The first-order valence-corrected chi connectivity index (χ1v) is 7.12. The highest BCUT2D eigenvalue weighted by molar-refractivity contribution is 5.67. The van der Waals surface area contributed by atoms with E-state index in [1.165, 1.54) is 27.8 Å². The van der Waals surface area contributed by atoms with E-state index in [1.807, 2.05) is 16.9 Å². The van der Waals surface area contributed by atoms with E-state index in [2.05, 4.69) is 60.7 Å². The van der Waals surface area contributed by atoms with Crippen LogP contribution < -0.4 is 5.73 Å². The number of benzene rings is 2. The topological polar surface area (TPSA) is 43.8 Å². The first-order chi connectivity index (χ1) is 10.3. The number of nitrogens with zero attached hydrogens (tertiary/aromatic N) is 2. The molecule has 0 fully saturated rings. The van der Waals surface area contributed by atoms with Crippen molar-refractivity contribution < 1.29 is 0 Å². The lowest BCUT2D eigenvalue weighted by atomic mass is 9.99. The van der Waals surface area contributed by atoms with Crippen LogP contribution in [0, 0.1) is 6.92 Å². The third-order valence-electron chi connectivity index (χ3n) is 3.61. The van der Waals surface area contributed by atoms with E-state index in [4.69, 9.17) is 5.73 Å². The standard InChI is InChI=1S/C18H19N3/c1-14-11-20-21(12-14)13-15-6-8-16(9-7-15)18-5-3-2-4-17(18)10-19/h2-9,11-12H,10,13,19H2,1H3. The first-order valence-electron chi connectivity index (χ1n) is 7.12. The van der Waals surface area contributed by atoms with Crippen LogP contribution in [-0.4, -0.2) is 9.78 Å². The molecule has 0 spiro atoms. The summed E-state index contributed by atoms with van der Waals surface area (Å²) in [5, 5.41) is 4.32. The van der Waals surface area contributed by atoms with Gasteiger partial charge < -0.3 is 5.73 Å². The highest BCUT2D eigenvalue weighted by Gasteiger charge is 2.03. The number of aryl methyl sites for hydroxylation is 1. The van der Waals surface area contributed by atoms with Gasteiger partial charge in [-0.3, -0.25) is 4.68 Å². The largest absolute Gasteiger partial charge is 0.326 e. The summed E-state index contributed by atoms with van der Waals surface area (Å²) < 4.78 is 1.96. The van der Waals surface area contributed by atoms with Crippen molar-refractivity contribution >= 4 is 0 Å². The molecule has 21 heavy (non-hydrogen) atoms. The predicted molar refractivity (Wildman–Crippen MR) is 85.8 cm³/mol. The second-order valence-corrected chi connectivity index (χ2v) is 5.27. The lowest BCUT2D eigenvalue weighted by Gasteiger charge is -2.09. The maximum atomic E-state index is 5.81. The molecule has 3 nitrogen and oxygen atoms in total. The predicted octanol–water partition coefficient (Wildman–Crippen LogP) is 3.37. The van der Waals surface area contributed by atoms with E-state index >= 15 is 0 Å². The van der Waals surface area contributed by atoms with Crippen LogP contribution in [0.4, 0.5) is 0 Å². The highest BCUT2D eigenvalue weighted by atomic mass is 15.3. The molecule has 2 N–H and O–H groups in total. The van der Waals surface area contributed by atoms with Gasteiger partial charge in [-0.1, -0.05) is 48.5 Å². The molecule has 0 aliphatic heterocycles. The fourth-order valence-electron chi connectivity index (χ4n) is 2.51. The van der Waals surface area contributed by atoms with Gasteiger partial charge in [0.05, 0.1) is 12.7 Å². The SMILES string of the molecule is Cc1cnn(Cc2ccc(-c3ccccc3CN)cc2)c1. The lowest BCUT2D eigenvalue weighted by molar-refractivity contribution is 0.686. The van der Waals surface area contributed by atoms with E-state index in [0.29, 0.717) is 6.54 Å². The zero-order chi connectivity index (χ0) is 14.7. The Morgan fingerprint density at radius 1 is 1.05 bits per heavy atom. The third kappa shape index (κ3) is 3.03. The Kier molecular flexibility index (Phi) is 3.84. The van der Waals surface area contributed by atoms with Crippen LogP contribution in [0.3, 0.4) is 0 Å². The number of nitrogens with two attached hydrogens (primary N) is 1. The van der Waals surface area contributed by atoms with Gasteiger partial charge in [-0.05, 0) is 34.7 Å². The van der Waals surface area contributed by atoms with Crippen LogP contribution in [0.2, 0.25) is 0 Å². The Labute approximate surface area is 125 Å². The van der Waals surface area contributed by atoms with Crippen LogP contribution >= 0.6 is 0 Å². The van der Waals surface area contributed by atoms with Crippen LogP contribution in [0.15, 0.2) is 60.9 Å². The monoisotopic (exact) mass is 277 g/mol. The van der Waals surface area contributed by atoms with E-state index in [9.17, 15) is 0 Å². The molecule has 1 heterocycles. The summed E-state index contributed by atoms with van der Waals surface area (Å²) >= 11 is 0.